The molecule has 0 radical (unpaired) electrons. The number of nitrogens with zero attached hydrogens (tertiary/aromatic N) is 2. The minimum absolute atomic E-state index is 0.0195. The molecular formula is C16H20BrN3OS. The van der Waals surface area contributed by atoms with Gasteiger partial charge in [0.2, 0.25) is 0 Å². The van der Waals surface area contributed by atoms with Gasteiger partial charge in [0, 0.05) is 29.1 Å². The Hall–Kier alpha value is -1.11. The van der Waals surface area contributed by atoms with E-state index < -0.39 is 0 Å². The zero-order chi connectivity index (χ0) is 15.5. The maximum absolute atomic E-state index is 12.4. The third-order valence-electron chi connectivity index (χ3n) is 4.11. The first-order chi connectivity index (χ1) is 10.6. The van der Waals surface area contributed by atoms with Crippen LogP contribution in [0.2, 0.25) is 0 Å². The highest BCUT2D eigenvalue weighted by Gasteiger charge is 2.25. The number of hydrogen-bond donors (Lipinski definition) is 1. The largest absolute Gasteiger partial charge is 0.349 e. The predicted octanol–water partition coefficient (Wildman–Crippen LogP) is 3.42. The Labute approximate surface area is 143 Å². The smallest absolute Gasteiger partial charge is 0.268 e. The average molecular weight is 382 g/mol. The molecule has 118 valence electrons. The molecule has 1 saturated heterocycles. The molecule has 1 aliphatic heterocycles. The summed E-state index contributed by atoms with van der Waals surface area (Å²) in [7, 11) is 1.89. The Kier molecular flexibility index (Phi) is 5.00. The molecule has 1 fully saturated rings. The molecule has 2 aromatic rings. The van der Waals surface area contributed by atoms with Crippen LogP contribution in [-0.4, -0.2) is 35.0 Å². The molecule has 0 aromatic carbocycles. The molecule has 22 heavy (non-hydrogen) atoms. The van der Waals surface area contributed by atoms with Gasteiger partial charge in [-0.25, -0.2) is 0 Å². The van der Waals surface area contributed by atoms with Gasteiger partial charge in [0.15, 0.2) is 0 Å². The molecular weight excluding hydrogens is 362 g/mol. The topological polar surface area (TPSA) is 37.3 Å². The summed E-state index contributed by atoms with van der Waals surface area (Å²) < 4.78 is 2.77. The third-order valence-corrected chi connectivity index (χ3v) is 5.52. The van der Waals surface area contributed by atoms with Crippen molar-refractivity contribution in [2.45, 2.75) is 18.9 Å². The molecule has 2 aromatic heterocycles. The van der Waals surface area contributed by atoms with Crippen molar-refractivity contribution >= 4 is 33.2 Å². The lowest BCUT2D eigenvalue weighted by Gasteiger charge is -2.26. The molecule has 0 saturated carbocycles. The van der Waals surface area contributed by atoms with Gasteiger partial charge in [-0.1, -0.05) is 6.07 Å². The average Bonchev–Trinajstić information content (AvgIpc) is 3.21. The number of thiophene rings is 1. The number of nitrogens with one attached hydrogen (secondary N) is 1. The van der Waals surface area contributed by atoms with Crippen molar-refractivity contribution in [2.75, 3.05) is 19.6 Å². The Bertz CT molecular complexity index is 632. The lowest BCUT2D eigenvalue weighted by Crippen LogP contribution is -2.36. The van der Waals surface area contributed by atoms with Gasteiger partial charge in [0.25, 0.3) is 5.91 Å². The molecule has 3 rings (SSSR count). The zero-order valence-electron chi connectivity index (χ0n) is 12.6. The van der Waals surface area contributed by atoms with E-state index >= 15 is 0 Å². The van der Waals surface area contributed by atoms with Crippen LogP contribution < -0.4 is 5.32 Å². The van der Waals surface area contributed by atoms with E-state index in [1.807, 2.05) is 23.9 Å². The first kappa shape index (κ1) is 15.8. The Morgan fingerprint density at radius 3 is 2.82 bits per heavy atom. The van der Waals surface area contributed by atoms with E-state index in [9.17, 15) is 4.79 Å². The second-order valence-corrected chi connectivity index (χ2v) is 7.53. The fourth-order valence-electron chi connectivity index (χ4n) is 2.97. The number of amides is 1. The van der Waals surface area contributed by atoms with Crippen LogP contribution >= 0.6 is 27.3 Å². The summed E-state index contributed by atoms with van der Waals surface area (Å²) >= 11 is 5.18. The molecule has 4 nitrogen and oxygen atoms in total. The van der Waals surface area contributed by atoms with Gasteiger partial charge in [-0.2, -0.15) is 0 Å². The van der Waals surface area contributed by atoms with E-state index in [2.05, 4.69) is 43.7 Å². The van der Waals surface area contributed by atoms with Crippen LogP contribution in [0.15, 0.2) is 34.2 Å². The quantitative estimate of drug-likeness (QED) is 0.861. The maximum Gasteiger partial charge on any atom is 0.268 e. The van der Waals surface area contributed by atoms with E-state index in [0.717, 1.165) is 17.6 Å². The molecule has 6 heteroatoms. The summed E-state index contributed by atoms with van der Waals surface area (Å²) in [5.74, 6) is -0.0195. The number of carbonyl (C=O) groups excluding carboxylic acids is 1. The number of aromatic nitrogens is 1. The van der Waals surface area contributed by atoms with Crippen LogP contribution in [0.3, 0.4) is 0 Å². The number of rotatable bonds is 5. The number of carbonyl (C=O) groups is 1. The van der Waals surface area contributed by atoms with Crippen LogP contribution in [0.5, 0.6) is 0 Å². The highest BCUT2D eigenvalue weighted by molar-refractivity contribution is 9.10. The Balaban J connectivity index is 1.68. The highest BCUT2D eigenvalue weighted by atomic mass is 79.9. The van der Waals surface area contributed by atoms with E-state index in [-0.39, 0.29) is 11.9 Å². The lowest BCUT2D eigenvalue weighted by atomic mass is 10.2. The zero-order valence-corrected chi connectivity index (χ0v) is 15.0. The van der Waals surface area contributed by atoms with Crippen molar-refractivity contribution in [1.82, 2.24) is 14.8 Å². The summed E-state index contributed by atoms with van der Waals surface area (Å²) in [4.78, 5) is 16.2. The Morgan fingerprint density at radius 2 is 2.23 bits per heavy atom. The number of aryl methyl sites for hydroxylation is 1. The normalized spacial score (nSPS) is 16.8. The fraction of sp³-hybridized carbons (Fsp3) is 0.438. The Morgan fingerprint density at radius 1 is 1.45 bits per heavy atom. The van der Waals surface area contributed by atoms with Gasteiger partial charge < -0.3 is 9.88 Å². The predicted molar refractivity (Wildman–Crippen MR) is 93.3 cm³/mol. The molecule has 3 heterocycles. The van der Waals surface area contributed by atoms with Crippen molar-refractivity contribution in [3.8, 4) is 0 Å². The first-order valence-corrected chi connectivity index (χ1v) is 9.20. The number of halogens is 1. The van der Waals surface area contributed by atoms with Crippen LogP contribution in [-0.2, 0) is 7.05 Å². The fourth-order valence-corrected chi connectivity index (χ4v) is 4.36. The lowest BCUT2D eigenvalue weighted by molar-refractivity contribution is 0.0930. The van der Waals surface area contributed by atoms with E-state index in [4.69, 9.17) is 0 Å². The molecule has 1 aliphatic rings. The number of likely N-dealkylation sites (tertiary alicyclic amines) is 1. The summed E-state index contributed by atoms with van der Waals surface area (Å²) in [6.45, 7) is 2.89. The molecule has 1 N–H and O–H groups in total. The van der Waals surface area contributed by atoms with Crippen molar-refractivity contribution in [3.63, 3.8) is 0 Å². The molecule has 1 atom stereocenters. The maximum atomic E-state index is 12.4. The summed E-state index contributed by atoms with van der Waals surface area (Å²) in [6.07, 6.45) is 4.40. The minimum atomic E-state index is -0.0195. The SMILES string of the molecule is Cn1cc(Br)cc1C(=O)NCC(c1cccs1)N1CCCC1. The van der Waals surface area contributed by atoms with Crippen molar-refractivity contribution in [2.24, 2.45) is 7.05 Å². The second-order valence-electron chi connectivity index (χ2n) is 5.64. The van der Waals surface area contributed by atoms with Crippen molar-refractivity contribution in [1.29, 1.82) is 0 Å². The van der Waals surface area contributed by atoms with Crippen molar-refractivity contribution < 1.29 is 4.79 Å². The van der Waals surface area contributed by atoms with E-state index in [1.165, 1.54) is 17.7 Å². The van der Waals surface area contributed by atoms with E-state index in [0.29, 0.717) is 12.2 Å². The van der Waals surface area contributed by atoms with Crippen LogP contribution in [0.4, 0.5) is 0 Å². The monoisotopic (exact) mass is 381 g/mol. The van der Waals surface area contributed by atoms with Crippen LogP contribution in [0, 0.1) is 0 Å². The van der Waals surface area contributed by atoms with E-state index in [1.54, 1.807) is 11.3 Å². The summed E-state index contributed by atoms with van der Waals surface area (Å²) in [5.41, 5.74) is 0.679. The standard InChI is InChI=1S/C16H20BrN3OS/c1-19-11-12(17)9-13(19)16(21)18-10-14(15-5-4-8-22-15)20-6-2-3-7-20/h4-5,8-9,11,14H,2-3,6-7,10H2,1H3,(H,18,21). The van der Waals surface area contributed by atoms with Gasteiger partial charge >= 0.3 is 0 Å². The highest BCUT2D eigenvalue weighted by Crippen LogP contribution is 2.28. The van der Waals surface area contributed by atoms with Crippen molar-refractivity contribution in [3.05, 3.63) is 44.8 Å². The van der Waals surface area contributed by atoms with Gasteiger partial charge in [0.1, 0.15) is 5.69 Å². The number of hydrogen-bond acceptors (Lipinski definition) is 3. The molecule has 1 amide bonds. The van der Waals surface area contributed by atoms with Gasteiger partial charge in [-0.15, -0.1) is 11.3 Å². The van der Waals surface area contributed by atoms with Crippen LogP contribution in [0.25, 0.3) is 0 Å². The summed E-state index contributed by atoms with van der Waals surface area (Å²) in [6, 6.07) is 6.39. The molecule has 0 aliphatic carbocycles. The van der Waals surface area contributed by atoms with Gasteiger partial charge in [0.05, 0.1) is 6.04 Å². The molecule has 0 spiro atoms. The van der Waals surface area contributed by atoms with Gasteiger partial charge in [-0.05, 0) is 59.4 Å². The third kappa shape index (κ3) is 3.45. The molecule has 1 unspecified atom stereocenters. The minimum Gasteiger partial charge on any atom is -0.349 e. The molecule has 0 bridgehead atoms. The second kappa shape index (κ2) is 6.98. The summed E-state index contributed by atoms with van der Waals surface area (Å²) in [5, 5.41) is 5.21. The van der Waals surface area contributed by atoms with Gasteiger partial charge in [-0.3, -0.25) is 9.69 Å². The van der Waals surface area contributed by atoms with Crippen LogP contribution in [0.1, 0.15) is 34.2 Å². The first-order valence-electron chi connectivity index (χ1n) is 7.52.